The summed E-state index contributed by atoms with van der Waals surface area (Å²) >= 11 is 3.54. The first kappa shape index (κ1) is 6.34. The van der Waals surface area contributed by atoms with Crippen molar-refractivity contribution in [3.8, 4) is 0 Å². The highest BCUT2D eigenvalue weighted by molar-refractivity contribution is 9.09. The fourth-order valence-electron chi connectivity index (χ4n) is 1.02. The fraction of sp³-hybridized carbons (Fsp3) is 0.714. The zero-order valence-corrected chi connectivity index (χ0v) is 6.69. The lowest BCUT2D eigenvalue weighted by atomic mass is 9.97. The Balaban J connectivity index is 2.42. The van der Waals surface area contributed by atoms with E-state index in [1.54, 1.807) is 0 Å². The van der Waals surface area contributed by atoms with Crippen LogP contribution in [0, 0.1) is 5.92 Å². The molecule has 2 atom stereocenters. The molecule has 0 radical (unpaired) electrons. The molecule has 1 aliphatic carbocycles. The van der Waals surface area contributed by atoms with Crippen LogP contribution < -0.4 is 0 Å². The third kappa shape index (κ3) is 1.62. The van der Waals surface area contributed by atoms with E-state index in [4.69, 9.17) is 0 Å². The number of hydrogen-bond donors (Lipinski definition) is 0. The van der Waals surface area contributed by atoms with Crippen molar-refractivity contribution in [2.24, 2.45) is 5.92 Å². The first-order valence-corrected chi connectivity index (χ1v) is 4.01. The van der Waals surface area contributed by atoms with Crippen LogP contribution in [0.4, 0.5) is 0 Å². The van der Waals surface area contributed by atoms with Gasteiger partial charge in [-0.25, -0.2) is 0 Å². The molecule has 0 nitrogen and oxygen atoms in total. The molecule has 0 aromatic rings. The normalized spacial score (nSPS) is 37.8. The van der Waals surface area contributed by atoms with Crippen LogP contribution in [0.1, 0.15) is 19.8 Å². The third-order valence-corrected chi connectivity index (χ3v) is 2.19. The number of halogens is 1. The van der Waals surface area contributed by atoms with Gasteiger partial charge in [0.15, 0.2) is 0 Å². The second kappa shape index (κ2) is 2.67. The molecule has 0 saturated heterocycles. The van der Waals surface area contributed by atoms with Gasteiger partial charge in [0.1, 0.15) is 0 Å². The van der Waals surface area contributed by atoms with Crippen LogP contribution >= 0.6 is 15.9 Å². The van der Waals surface area contributed by atoms with Gasteiger partial charge in [0, 0.05) is 4.83 Å². The Morgan fingerprint density at radius 2 is 2.38 bits per heavy atom. The summed E-state index contributed by atoms with van der Waals surface area (Å²) in [6.07, 6.45) is 7.06. The molecule has 1 heteroatoms. The van der Waals surface area contributed by atoms with Crippen LogP contribution in [0.25, 0.3) is 0 Å². The SMILES string of the molecule is C[C@@H]1CC=C[C@H](Br)C1. The van der Waals surface area contributed by atoms with Crippen LogP contribution in [-0.4, -0.2) is 4.83 Å². The fourth-order valence-corrected chi connectivity index (χ4v) is 1.87. The smallest absolute Gasteiger partial charge is 0.0328 e. The Bertz CT molecular complexity index is 96.6. The second-order valence-corrected chi connectivity index (χ2v) is 3.70. The average molecular weight is 175 g/mol. The van der Waals surface area contributed by atoms with Crippen molar-refractivity contribution in [3.05, 3.63) is 12.2 Å². The highest BCUT2D eigenvalue weighted by Gasteiger charge is 2.09. The van der Waals surface area contributed by atoms with E-state index >= 15 is 0 Å². The molecule has 1 aliphatic rings. The lowest BCUT2D eigenvalue weighted by Gasteiger charge is -2.15. The topological polar surface area (TPSA) is 0 Å². The van der Waals surface area contributed by atoms with E-state index in [9.17, 15) is 0 Å². The number of rotatable bonds is 0. The van der Waals surface area contributed by atoms with Gasteiger partial charge >= 0.3 is 0 Å². The van der Waals surface area contributed by atoms with Crippen LogP contribution in [0.2, 0.25) is 0 Å². The Morgan fingerprint density at radius 3 is 2.75 bits per heavy atom. The van der Waals surface area contributed by atoms with E-state index in [1.807, 2.05) is 0 Å². The zero-order valence-electron chi connectivity index (χ0n) is 5.10. The molecule has 0 fully saturated rings. The molecule has 0 aromatic heterocycles. The van der Waals surface area contributed by atoms with E-state index in [0.29, 0.717) is 4.83 Å². The van der Waals surface area contributed by atoms with Crippen LogP contribution in [-0.2, 0) is 0 Å². The first-order valence-electron chi connectivity index (χ1n) is 3.10. The summed E-state index contributed by atoms with van der Waals surface area (Å²) in [6, 6.07) is 0. The molecule has 0 unspecified atom stereocenters. The minimum absolute atomic E-state index is 0.645. The standard InChI is InChI=1S/C7H11Br/c1-6-3-2-4-7(8)5-6/h2,4,6-7H,3,5H2,1H3/t6-,7+/m1/s1. The highest BCUT2D eigenvalue weighted by atomic mass is 79.9. The number of allylic oxidation sites excluding steroid dienone is 2. The minimum atomic E-state index is 0.645. The molecule has 0 N–H and O–H groups in total. The molecule has 0 aliphatic heterocycles. The molecule has 0 aromatic carbocycles. The molecule has 0 bridgehead atoms. The molecule has 0 spiro atoms. The van der Waals surface area contributed by atoms with Crippen molar-refractivity contribution in [2.75, 3.05) is 0 Å². The van der Waals surface area contributed by atoms with Gasteiger partial charge in [-0.2, -0.15) is 0 Å². The molecule has 0 amide bonds. The summed E-state index contributed by atoms with van der Waals surface area (Å²) in [5, 5.41) is 0. The number of alkyl halides is 1. The van der Waals surface area contributed by atoms with E-state index in [0.717, 1.165) is 5.92 Å². The van der Waals surface area contributed by atoms with Gasteiger partial charge in [-0.05, 0) is 18.8 Å². The minimum Gasteiger partial charge on any atom is -0.0872 e. The van der Waals surface area contributed by atoms with Gasteiger partial charge in [-0.15, -0.1) is 0 Å². The van der Waals surface area contributed by atoms with E-state index < -0.39 is 0 Å². The van der Waals surface area contributed by atoms with E-state index in [2.05, 4.69) is 35.0 Å². The summed E-state index contributed by atoms with van der Waals surface area (Å²) in [6.45, 7) is 2.29. The van der Waals surface area contributed by atoms with Gasteiger partial charge < -0.3 is 0 Å². The quantitative estimate of drug-likeness (QED) is 0.392. The van der Waals surface area contributed by atoms with Gasteiger partial charge in [0.2, 0.25) is 0 Å². The molecule has 0 heterocycles. The zero-order chi connectivity index (χ0) is 5.98. The lowest BCUT2D eigenvalue weighted by Crippen LogP contribution is -2.06. The van der Waals surface area contributed by atoms with E-state index in [1.165, 1.54) is 12.8 Å². The molecule has 46 valence electrons. The van der Waals surface area contributed by atoms with E-state index in [-0.39, 0.29) is 0 Å². The van der Waals surface area contributed by atoms with Crippen molar-refractivity contribution in [1.82, 2.24) is 0 Å². The monoisotopic (exact) mass is 174 g/mol. The molecule has 8 heavy (non-hydrogen) atoms. The number of hydrogen-bond acceptors (Lipinski definition) is 0. The molecular weight excluding hydrogens is 164 g/mol. The molecular formula is C7H11Br. The average Bonchev–Trinajstić information content (AvgIpc) is 1.64. The van der Waals surface area contributed by atoms with Gasteiger partial charge in [-0.3, -0.25) is 0 Å². The van der Waals surface area contributed by atoms with Crippen molar-refractivity contribution in [1.29, 1.82) is 0 Å². The maximum Gasteiger partial charge on any atom is 0.0328 e. The van der Waals surface area contributed by atoms with Crippen molar-refractivity contribution in [2.45, 2.75) is 24.6 Å². The van der Waals surface area contributed by atoms with Gasteiger partial charge in [0.25, 0.3) is 0 Å². The highest BCUT2D eigenvalue weighted by Crippen LogP contribution is 2.22. The van der Waals surface area contributed by atoms with Crippen molar-refractivity contribution >= 4 is 15.9 Å². The Kier molecular flexibility index (Phi) is 2.12. The summed E-state index contributed by atoms with van der Waals surface area (Å²) in [5.74, 6) is 0.879. The largest absolute Gasteiger partial charge is 0.0872 e. The summed E-state index contributed by atoms with van der Waals surface area (Å²) in [4.78, 5) is 0.645. The van der Waals surface area contributed by atoms with Crippen LogP contribution in [0.5, 0.6) is 0 Å². The molecule has 0 saturated carbocycles. The van der Waals surface area contributed by atoms with Crippen LogP contribution in [0.15, 0.2) is 12.2 Å². The van der Waals surface area contributed by atoms with Crippen molar-refractivity contribution in [3.63, 3.8) is 0 Å². The summed E-state index contributed by atoms with van der Waals surface area (Å²) in [7, 11) is 0. The van der Waals surface area contributed by atoms with Gasteiger partial charge in [0.05, 0.1) is 0 Å². The maximum absolute atomic E-state index is 3.54. The Hall–Kier alpha value is 0.220. The first-order chi connectivity index (χ1) is 3.79. The lowest BCUT2D eigenvalue weighted by molar-refractivity contribution is 0.537. The Morgan fingerprint density at radius 1 is 1.62 bits per heavy atom. The predicted molar refractivity (Wildman–Crippen MR) is 40.3 cm³/mol. The summed E-state index contributed by atoms with van der Waals surface area (Å²) in [5.41, 5.74) is 0. The van der Waals surface area contributed by atoms with Crippen LogP contribution in [0.3, 0.4) is 0 Å². The Labute approximate surface area is 59.1 Å². The second-order valence-electron chi connectivity index (χ2n) is 2.52. The predicted octanol–water partition coefficient (Wildman–Crippen LogP) is 2.74. The summed E-state index contributed by atoms with van der Waals surface area (Å²) < 4.78 is 0. The van der Waals surface area contributed by atoms with Crippen molar-refractivity contribution < 1.29 is 0 Å². The van der Waals surface area contributed by atoms with Gasteiger partial charge in [-0.1, -0.05) is 35.0 Å². The maximum atomic E-state index is 3.54. The molecule has 1 rings (SSSR count). The third-order valence-electron chi connectivity index (χ3n) is 1.51.